The van der Waals surface area contributed by atoms with E-state index in [9.17, 15) is 14.4 Å². The average molecular weight is 410 g/mol. The maximum absolute atomic E-state index is 12.6. The number of aryl methyl sites for hydroxylation is 1. The molecule has 0 radical (unpaired) electrons. The monoisotopic (exact) mass is 410 g/mol. The smallest absolute Gasteiger partial charge is 0.324 e. The summed E-state index contributed by atoms with van der Waals surface area (Å²) >= 11 is 1.19. The number of rotatable bonds is 8. The number of benzene rings is 2. The highest BCUT2D eigenvalue weighted by atomic mass is 32.2. The van der Waals surface area contributed by atoms with Gasteiger partial charge in [-0.2, -0.15) is 0 Å². The quantitative estimate of drug-likeness (QED) is 0.439. The van der Waals surface area contributed by atoms with Crippen molar-refractivity contribution >= 4 is 29.1 Å². The van der Waals surface area contributed by atoms with Gasteiger partial charge in [0.2, 0.25) is 5.91 Å². The van der Waals surface area contributed by atoms with Gasteiger partial charge in [-0.25, -0.2) is 9.89 Å². The highest BCUT2D eigenvalue weighted by Crippen LogP contribution is 2.23. The molecule has 1 aromatic heterocycles. The molecule has 0 spiro atoms. The second-order valence-corrected chi connectivity index (χ2v) is 7.86. The summed E-state index contributed by atoms with van der Waals surface area (Å²) in [7, 11) is 0. The molecule has 0 bridgehead atoms. The molecule has 29 heavy (non-hydrogen) atoms. The molecule has 2 aromatic carbocycles. The van der Waals surface area contributed by atoms with Gasteiger partial charge in [-0.15, -0.1) is 5.10 Å². The van der Waals surface area contributed by atoms with Crippen LogP contribution < -0.4 is 11.0 Å². The molecule has 0 saturated carbocycles. The van der Waals surface area contributed by atoms with Crippen LogP contribution in [-0.4, -0.2) is 31.7 Å². The lowest BCUT2D eigenvalue weighted by Crippen LogP contribution is -2.25. The molecule has 150 valence electrons. The molecule has 3 rings (SSSR count). The lowest BCUT2D eigenvalue weighted by atomic mass is 10.1. The standard InChI is InChI=1S/C21H22N4O3S/c1-14(26)17-10-6-7-11-18(17)22-19(27)15(2)29-21-24-23-20(28)25(21)13-12-16-8-4-3-5-9-16/h3-11,15H,12-13H2,1-2H3,(H,22,27)(H,23,28)/t15-/m0/s1. The van der Waals surface area contributed by atoms with E-state index in [0.29, 0.717) is 29.4 Å². The van der Waals surface area contributed by atoms with E-state index in [4.69, 9.17) is 0 Å². The SMILES string of the molecule is CC(=O)c1ccccc1NC(=O)[C@H](C)Sc1n[nH]c(=O)n1CCc1ccccc1. The lowest BCUT2D eigenvalue weighted by molar-refractivity contribution is -0.115. The normalized spacial score (nSPS) is 11.8. The number of H-pyrrole nitrogens is 1. The van der Waals surface area contributed by atoms with Crippen molar-refractivity contribution in [2.24, 2.45) is 0 Å². The number of amides is 1. The number of nitrogens with one attached hydrogen (secondary N) is 2. The van der Waals surface area contributed by atoms with Crippen LogP contribution in [0.25, 0.3) is 0 Å². The van der Waals surface area contributed by atoms with Crippen LogP contribution in [-0.2, 0) is 17.8 Å². The third-order valence-corrected chi connectivity index (χ3v) is 5.50. The summed E-state index contributed by atoms with van der Waals surface area (Å²) in [5, 5.41) is 9.24. The molecule has 0 saturated heterocycles. The lowest BCUT2D eigenvalue weighted by Gasteiger charge is -2.14. The van der Waals surface area contributed by atoms with E-state index < -0.39 is 5.25 Å². The van der Waals surface area contributed by atoms with Crippen LogP contribution in [0.5, 0.6) is 0 Å². The van der Waals surface area contributed by atoms with E-state index >= 15 is 0 Å². The molecule has 8 heteroatoms. The molecule has 1 atom stereocenters. The second kappa shape index (κ2) is 9.38. The number of aromatic nitrogens is 3. The first kappa shape index (κ1) is 20.6. The number of thioether (sulfide) groups is 1. The Kier molecular flexibility index (Phi) is 6.66. The van der Waals surface area contributed by atoms with Gasteiger partial charge in [0.25, 0.3) is 0 Å². The molecule has 0 aliphatic heterocycles. The number of nitrogens with zero attached hydrogens (tertiary/aromatic N) is 2. The van der Waals surface area contributed by atoms with Crippen LogP contribution in [0.2, 0.25) is 0 Å². The summed E-state index contributed by atoms with van der Waals surface area (Å²) in [6.45, 7) is 3.65. The number of anilines is 1. The summed E-state index contributed by atoms with van der Waals surface area (Å²) < 4.78 is 1.53. The van der Waals surface area contributed by atoms with Crippen molar-refractivity contribution in [2.75, 3.05) is 5.32 Å². The summed E-state index contributed by atoms with van der Waals surface area (Å²) in [5.74, 6) is -0.392. The molecular weight excluding hydrogens is 388 g/mol. The number of hydrogen-bond acceptors (Lipinski definition) is 5. The molecule has 3 aromatic rings. The minimum Gasteiger partial charge on any atom is -0.324 e. The molecule has 0 fully saturated rings. The molecule has 0 unspecified atom stereocenters. The minimum absolute atomic E-state index is 0.122. The predicted octanol–water partition coefficient (Wildman–Crippen LogP) is 3.14. The Morgan fingerprint density at radius 3 is 2.55 bits per heavy atom. The third-order valence-electron chi connectivity index (χ3n) is 4.41. The third kappa shape index (κ3) is 5.23. The Balaban J connectivity index is 1.68. The van der Waals surface area contributed by atoms with Crippen LogP contribution in [0.4, 0.5) is 5.69 Å². The summed E-state index contributed by atoms with van der Waals surface area (Å²) in [6.07, 6.45) is 0.681. The number of para-hydroxylation sites is 1. The molecular formula is C21H22N4O3S. The van der Waals surface area contributed by atoms with Crippen molar-refractivity contribution in [3.8, 4) is 0 Å². The Labute approximate surface area is 172 Å². The van der Waals surface area contributed by atoms with Crippen molar-refractivity contribution in [3.63, 3.8) is 0 Å². The van der Waals surface area contributed by atoms with Crippen molar-refractivity contribution in [3.05, 3.63) is 76.2 Å². The number of hydrogen-bond donors (Lipinski definition) is 2. The van der Waals surface area contributed by atoms with Gasteiger partial charge >= 0.3 is 5.69 Å². The zero-order valence-electron chi connectivity index (χ0n) is 16.2. The van der Waals surface area contributed by atoms with Gasteiger partial charge in [-0.3, -0.25) is 14.2 Å². The second-order valence-electron chi connectivity index (χ2n) is 6.55. The predicted molar refractivity (Wildman–Crippen MR) is 113 cm³/mol. The fourth-order valence-electron chi connectivity index (χ4n) is 2.82. The summed E-state index contributed by atoms with van der Waals surface area (Å²) in [6, 6.07) is 16.7. The first-order valence-electron chi connectivity index (χ1n) is 9.22. The van der Waals surface area contributed by atoms with Crippen molar-refractivity contribution in [2.45, 2.75) is 37.2 Å². The summed E-state index contributed by atoms with van der Waals surface area (Å²) in [5.41, 5.74) is 1.74. The Morgan fingerprint density at radius 2 is 1.83 bits per heavy atom. The first-order valence-corrected chi connectivity index (χ1v) is 10.1. The molecule has 0 aliphatic carbocycles. The fourth-order valence-corrected chi connectivity index (χ4v) is 3.70. The van der Waals surface area contributed by atoms with E-state index in [1.165, 1.54) is 23.3 Å². The van der Waals surface area contributed by atoms with Gasteiger partial charge in [0.1, 0.15) is 0 Å². The fraction of sp³-hybridized carbons (Fsp3) is 0.238. The Morgan fingerprint density at radius 1 is 1.14 bits per heavy atom. The number of carbonyl (C=O) groups excluding carboxylic acids is 2. The van der Waals surface area contributed by atoms with Crippen molar-refractivity contribution in [1.29, 1.82) is 0 Å². The van der Waals surface area contributed by atoms with Gasteiger partial charge < -0.3 is 5.32 Å². The topological polar surface area (TPSA) is 96.8 Å². The van der Waals surface area contributed by atoms with Gasteiger partial charge in [0.15, 0.2) is 10.9 Å². The van der Waals surface area contributed by atoms with E-state index in [-0.39, 0.29) is 17.4 Å². The Bertz CT molecular complexity index is 1060. The first-order chi connectivity index (χ1) is 14.0. The van der Waals surface area contributed by atoms with E-state index in [1.54, 1.807) is 31.2 Å². The minimum atomic E-state index is -0.513. The molecule has 7 nitrogen and oxygen atoms in total. The van der Waals surface area contributed by atoms with Crippen LogP contribution >= 0.6 is 11.8 Å². The molecule has 0 aliphatic rings. The van der Waals surface area contributed by atoms with E-state index in [1.807, 2.05) is 30.3 Å². The van der Waals surface area contributed by atoms with Crippen molar-refractivity contribution in [1.82, 2.24) is 14.8 Å². The highest BCUT2D eigenvalue weighted by Gasteiger charge is 2.20. The zero-order chi connectivity index (χ0) is 20.8. The number of aromatic amines is 1. The van der Waals surface area contributed by atoms with Crippen LogP contribution in [0.3, 0.4) is 0 Å². The van der Waals surface area contributed by atoms with Crippen LogP contribution in [0.1, 0.15) is 29.8 Å². The van der Waals surface area contributed by atoms with Gasteiger partial charge in [-0.05, 0) is 38.0 Å². The number of carbonyl (C=O) groups is 2. The van der Waals surface area contributed by atoms with E-state index in [0.717, 1.165) is 5.56 Å². The highest BCUT2D eigenvalue weighted by molar-refractivity contribution is 8.00. The molecule has 1 amide bonds. The average Bonchev–Trinajstić information content (AvgIpc) is 3.06. The van der Waals surface area contributed by atoms with Gasteiger partial charge in [0.05, 0.1) is 10.9 Å². The molecule has 2 N–H and O–H groups in total. The summed E-state index contributed by atoms with van der Waals surface area (Å²) in [4.78, 5) is 36.5. The number of ketones is 1. The van der Waals surface area contributed by atoms with Crippen molar-refractivity contribution < 1.29 is 9.59 Å². The molecule has 1 heterocycles. The van der Waals surface area contributed by atoms with Gasteiger partial charge in [0, 0.05) is 12.1 Å². The largest absolute Gasteiger partial charge is 0.343 e. The van der Waals surface area contributed by atoms with E-state index in [2.05, 4.69) is 15.5 Å². The number of Topliss-reactive ketones (excluding diaryl/α,β-unsaturated/α-hetero) is 1. The Hall–Kier alpha value is -3.13. The van der Waals surface area contributed by atoms with Crippen LogP contribution in [0, 0.1) is 0 Å². The van der Waals surface area contributed by atoms with Crippen LogP contribution in [0.15, 0.2) is 64.5 Å². The van der Waals surface area contributed by atoms with Gasteiger partial charge in [-0.1, -0.05) is 54.2 Å². The maximum Gasteiger partial charge on any atom is 0.343 e. The maximum atomic E-state index is 12.6. The zero-order valence-corrected chi connectivity index (χ0v) is 17.0.